The van der Waals surface area contributed by atoms with Gasteiger partial charge in [0.05, 0.1) is 13.2 Å². The third kappa shape index (κ3) is 5.58. The van der Waals surface area contributed by atoms with Crippen molar-refractivity contribution in [2.45, 2.75) is 76.6 Å². The molecule has 2 aliphatic heterocycles. The molecule has 2 aliphatic rings. The Bertz CT molecular complexity index is 929. The van der Waals surface area contributed by atoms with Gasteiger partial charge in [-0.15, -0.1) is 0 Å². The number of amides is 2. The Kier molecular flexibility index (Phi) is 8.30. The number of nitrogens with one attached hydrogen (secondary N) is 2. The molecule has 3 rings (SSSR count). The fourth-order valence-electron chi connectivity index (χ4n) is 5.04. The summed E-state index contributed by atoms with van der Waals surface area (Å²) in [4.78, 5) is 53.1. The number of nitrogens with zero attached hydrogens (tertiary/aromatic N) is 1. The van der Waals surface area contributed by atoms with E-state index in [-0.39, 0.29) is 11.9 Å². The molecular formula is C25H35N3O6. The van der Waals surface area contributed by atoms with Gasteiger partial charge in [-0.3, -0.25) is 14.4 Å². The van der Waals surface area contributed by atoms with Crippen molar-refractivity contribution in [2.24, 2.45) is 0 Å². The summed E-state index contributed by atoms with van der Waals surface area (Å²) in [6.07, 6.45) is 2.14. The molecule has 0 radical (unpaired) electrons. The molecular weight excluding hydrogens is 438 g/mol. The molecule has 34 heavy (non-hydrogen) atoms. The summed E-state index contributed by atoms with van der Waals surface area (Å²) in [5.41, 5.74) is 0.811. The molecule has 0 bridgehead atoms. The SMILES string of the molecule is COC(=O)C(NC(=O)C1(Cc2cccc(C)c2)CCCN1C(=O)C1CCCN1)C(C)OC(C)=O. The maximum absolute atomic E-state index is 13.9. The highest BCUT2D eigenvalue weighted by molar-refractivity contribution is 5.96. The summed E-state index contributed by atoms with van der Waals surface area (Å²) < 4.78 is 10.0. The lowest BCUT2D eigenvalue weighted by atomic mass is 9.85. The molecule has 1 aromatic carbocycles. The number of aryl methyl sites for hydroxylation is 1. The molecule has 2 amide bonds. The van der Waals surface area contributed by atoms with Crippen molar-refractivity contribution in [3.05, 3.63) is 35.4 Å². The van der Waals surface area contributed by atoms with E-state index in [1.807, 2.05) is 31.2 Å². The van der Waals surface area contributed by atoms with Gasteiger partial charge in [-0.05, 0) is 51.6 Å². The molecule has 0 aromatic heterocycles. The fourth-order valence-corrected chi connectivity index (χ4v) is 5.04. The second-order valence-electron chi connectivity index (χ2n) is 9.23. The number of hydrogen-bond acceptors (Lipinski definition) is 7. The first-order valence-corrected chi connectivity index (χ1v) is 11.8. The van der Waals surface area contributed by atoms with Crippen molar-refractivity contribution >= 4 is 23.8 Å². The van der Waals surface area contributed by atoms with E-state index in [1.54, 1.807) is 4.90 Å². The second-order valence-corrected chi connectivity index (χ2v) is 9.23. The van der Waals surface area contributed by atoms with Gasteiger partial charge in [0, 0.05) is 19.9 Å². The van der Waals surface area contributed by atoms with Crippen LogP contribution in [0.1, 0.15) is 50.7 Å². The van der Waals surface area contributed by atoms with Crippen LogP contribution in [0.15, 0.2) is 24.3 Å². The van der Waals surface area contributed by atoms with Crippen LogP contribution in [0.3, 0.4) is 0 Å². The van der Waals surface area contributed by atoms with Gasteiger partial charge in [0.1, 0.15) is 11.6 Å². The number of likely N-dealkylation sites (tertiary alicyclic amines) is 1. The minimum atomic E-state index is -1.20. The Morgan fingerprint density at radius 2 is 2.03 bits per heavy atom. The first-order chi connectivity index (χ1) is 16.2. The van der Waals surface area contributed by atoms with Gasteiger partial charge in [-0.1, -0.05) is 29.8 Å². The van der Waals surface area contributed by atoms with Crippen molar-refractivity contribution < 1.29 is 28.7 Å². The molecule has 2 N–H and O–H groups in total. The zero-order valence-electron chi connectivity index (χ0n) is 20.4. The monoisotopic (exact) mass is 473 g/mol. The lowest BCUT2D eigenvalue weighted by Crippen LogP contribution is -2.64. The molecule has 0 saturated carbocycles. The van der Waals surface area contributed by atoms with Crippen LogP contribution in [-0.4, -0.2) is 72.6 Å². The summed E-state index contributed by atoms with van der Waals surface area (Å²) in [6, 6.07) is 6.33. The van der Waals surface area contributed by atoms with E-state index in [4.69, 9.17) is 9.47 Å². The average Bonchev–Trinajstić information content (AvgIpc) is 3.47. The summed E-state index contributed by atoms with van der Waals surface area (Å²) in [5.74, 6) is -1.84. The Balaban J connectivity index is 1.96. The molecule has 2 saturated heterocycles. The smallest absolute Gasteiger partial charge is 0.332 e. The van der Waals surface area contributed by atoms with Crippen molar-refractivity contribution in [1.29, 1.82) is 0 Å². The van der Waals surface area contributed by atoms with Crippen molar-refractivity contribution in [3.63, 3.8) is 0 Å². The van der Waals surface area contributed by atoms with E-state index in [0.717, 1.165) is 30.5 Å². The predicted molar refractivity (Wildman–Crippen MR) is 125 cm³/mol. The maximum Gasteiger partial charge on any atom is 0.332 e. The van der Waals surface area contributed by atoms with Gasteiger partial charge in [-0.2, -0.15) is 0 Å². The number of rotatable bonds is 8. The van der Waals surface area contributed by atoms with E-state index < -0.39 is 35.5 Å². The second kappa shape index (κ2) is 11.0. The standard InChI is InChI=1S/C25H35N3O6/c1-16-8-5-9-19(14-16)15-25(11-7-13-28(25)22(30)20-10-6-12-26-20)24(32)27-21(23(31)33-4)17(2)34-18(3)29/h5,8-9,14,17,20-21,26H,6-7,10-13,15H2,1-4H3,(H,27,32). The highest BCUT2D eigenvalue weighted by Gasteiger charge is 2.52. The highest BCUT2D eigenvalue weighted by Crippen LogP contribution is 2.35. The Labute approximate surface area is 200 Å². The normalized spacial score (nSPS) is 23.8. The van der Waals surface area contributed by atoms with Crippen LogP contribution in [0.2, 0.25) is 0 Å². The number of hydrogen-bond donors (Lipinski definition) is 2. The van der Waals surface area contributed by atoms with Crippen LogP contribution in [-0.2, 0) is 35.1 Å². The summed E-state index contributed by atoms with van der Waals surface area (Å²) in [6.45, 7) is 5.96. The minimum absolute atomic E-state index is 0.0968. The third-order valence-corrected chi connectivity index (χ3v) is 6.68. The van der Waals surface area contributed by atoms with Crippen molar-refractivity contribution in [3.8, 4) is 0 Å². The summed E-state index contributed by atoms with van der Waals surface area (Å²) in [5, 5.41) is 6.00. The zero-order valence-corrected chi connectivity index (χ0v) is 20.4. The van der Waals surface area contributed by atoms with Crippen LogP contribution in [0.25, 0.3) is 0 Å². The number of benzene rings is 1. The molecule has 9 heteroatoms. The Morgan fingerprint density at radius 3 is 2.65 bits per heavy atom. The maximum atomic E-state index is 13.9. The fraction of sp³-hybridized carbons (Fsp3) is 0.600. The van der Waals surface area contributed by atoms with E-state index >= 15 is 0 Å². The Morgan fingerprint density at radius 1 is 1.26 bits per heavy atom. The molecule has 9 nitrogen and oxygen atoms in total. The van der Waals surface area contributed by atoms with Crippen LogP contribution in [0, 0.1) is 6.92 Å². The van der Waals surface area contributed by atoms with Crippen molar-refractivity contribution in [2.75, 3.05) is 20.2 Å². The van der Waals surface area contributed by atoms with Crippen LogP contribution < -0.4 is 10.6 Å². The quantitative estimate of drug-likeness (QED) is 0.547. The predicted octanol–water partition coefficient (Wildman–Crippen LogP) is 1.26. The molecule has 0 aliphatic carbocycles. The topological polar surface area (TPSA) is 114 Å². The molecule has 1 aromatic rings. The summed E-state index contributed by atoms with van der Waals surface area (Å²) in [7, 11) is 1.21. The largest absolute Gasteiger partial charge is 0.467 e. The number of methoxy groups -OCH3 is 1. The molecule has 186 valence electrons. The Hall–Kier alpha value is -2.94. The van der Waals surface area contributed by atoms with E-state index in [1.165, 1.54) is 21.0 Å². The van der Waals surface area contributed by atoms with E-state index in [9.17, 15) is 19.2 Å². The number of esters is 2. The van der Waals surface area contributed by atoms with Crippen LogP contribution in [0.4, 0.5) is 0 Å². The van der Waals surface area contributed by atoms with Gasteiger partial charge in [0.15, 0.2) is 6.04 Å². The lowest BCUT2D eigenvalue weighted by molar-refractivity contribution is -0.158. The zero-order chi connectivity index (χ0) is 24.9. The van der Waals surface area contributed by atoms with Gasteiger partial charge in [0.2, 0.25) is 11.8 Å². The molecule has 2 heterocycles. The molecule has 4 unspecified atom stereocenters. The molecule has 4 atom stereocenters. The van der Waals surface area contributed by atoms with Crippen molar-refractivity contribution in [1.82, 2.24) is 15.5 Å². The minimum Gasteiger partial charge on any atom is -0.467 e. The number of carbonyl (C=O) groups is 4. The number of carbonyl (C=O) groups excluding carboxylic acids is 4. The third-order valence-electron chi connectivity index (χ3n) is 6.68. The molecule has 0 spiro atoms. The van der Waals surface area contributed by atoms with Gasteiger partial charge >= 0.3 is 11.9 Å². The van der Waals surface area contributed by atoms with E-state index in [0.29, 0.717) is 25.8 Å². The van der Waals surface area contributed by atoms with E-state index in [2.05, 4.69) is 10.6 Å². The number of ether oxygens (including phenoxy) is 2. The van der Waals surface area contributed by atoms with Gasteiger partial charge in [-0.25, -0.2) is 4.79 Å². The van der Waals surface area contributed by atoms with Crippen LogP contribution in [0.5, 0.6) is 0 Å². The first kappa shape index (κ1) is 25.7. The average molecular weight is 474 g/mol. The first-order valence-electron chi connectivity index (χ1n) is 11.8. The highest BCUT2D eigenvalue weighted by atomic mass is 16.6. The lowest BCUT2D eigenvalue weighted by Gasteiger charge is -2.40. The molecule has 2 fully saturated rings. The summed E-state index contributed by atoms with van der Waals surface area (Å²) >= 11 is 0. The van der Waals surface area contributed by atoms with Crippen LogP contribution >= 0.6 is 0 Å². The van der Waals surface area contributed by atoms with Gasteiger partial charge in [0.25, 0.3) is 0 Å². The van der Waals surface area contributed by atoms with Gasteiger partial charge < -0.3 is 25.0 Å².